The molecular weight excluding hydrogens is 206 g/mol. The second-order valence-corrected chi connectivity index (χ2v) is 4.17. The Morgan fingerprint density at radius 3 is 2.93 bits per heavy atom. The molecule has 0 bridgehead atoms. The lowest BCUT2D eigenvalue weighted by Crippen LogP contribution is -2.29. The zero-order valence-corrected chi connectivity index (χ0v) is 9.29. The average Bonchev–Trinajstić information content (AvgIpc) is 2.75. The van der Waals surface area contributed by atoms with Crippen molar-refractivity contribution in [2.75, 3.05) is 0 Å². The largest absolute Gasteiger partial charge is 0.271 e. The van der Waals surface area contributed by atoms with Crippen LogP contribution in [0.1, 0.15) is 22.7 Å². The Balaban J connectivity index is 2.40. The highest BCUT2D eigenvalue weighted by Gasteiger charge is 2.14. The smallest absolute Gasteiger partial charge is 0.0735 e. The number of rotatable bonds is 3. The Morgan fingerprint density at radius 2 is 2.33 bits per heavy atom. The summed E-state index contributed by atoms with van der Waals surface area (Å²) in [5.41, 5.74) is 6.32. The fourth-order valence-corrected chi connectivity index (χ4v) is 2.27. The van der Waals surface area contributed by atoms with E-state index in [1.54, 1.807) is 17.5 Å². The van der Waals surface area contributed by atoms with Gasteiger partial charge in [0, 0.05) is 12.4 Å². The molecule has 0 aliphatic heterocycles. The van der Waals surface area contributed by atoms with Crippen molar-refractivity contribution in [3.63, 3.8) is 0 Å². The summed E-state index contributed by atoms with van der Waals surface area (Å²) in [4.78, 5) is 4.13. The average molecular weight is 219 g/mol. The van der Waals surface area contributed by atoms with E-state index in [1.807, 2.05) is 17.6 Å². The highest BCUT2D eigenvalue weighted by molar-refractivity contribution is 7.08. The van der Waals surface area contributed by atoms with E-state index in [2.05, 4.69) is 28.8 Å². The van der Waals surface area contributed by atoms with Crippen LogP contribution in [0.4, 0.5) is 0 Å². The Bertz CT molecular complexity index is 425. The van der Waals surface area contributed by atoms with Gasteiger partial charge in [-0.05, 0) is 46.5 Å². The molecule has 0 aromatic carbocycles. The van der Waals surface area contributed by atoms with Gasteiger partial charge in [0.15, 0.2) is 0 Å². The molecule has 0 saturated carbocycles. The Labute approximate surface area is 92.9 Å². The number of nitrogens with zero attached hydrogens (tertiary/aromatic N) is 1. The summed E-state index contributed by atoms with van der Waals surface area (Å²) in [6.07, 6.45) is 3.65. The first-order chi connectivity index (χ1) is 7.33. The topological polar surface area (TPSA) is 50.9 Å². The lowest BCUT2D eigenvalue weighted by atomic mass is 10.00. The number of aryl methyl sites for hydroxylation is 1. The highest BCUT2D eigenvalue weighted by Crippen LogP contribution is 2.24. The molecule has 1 atom stereocenters. The molecule has 0 radical (unpaired) electrons. The summed E-state index contributed by atoms with van der Waals surface area (Å²) in [6, 6.07) is 4.10. The molecule has 78 valence electrons. The number of pyridine rings is 1. The lowest BCUT2D eigenvalue weighted by molar-refractivity contribution is 0.633. The molecule has 0 fully saturated rings. The van der Waals surface area contributed by atoms with Crippen LogP contribution in [0, 0.1) is 6.92 Å². The number of nitrogens with two attached hydrogens (primary N) is 1. The monoisotopic (exact) mass is 219 g/mol. The second-order valence-electron chi connectivity index (χ2n) is 3.39. The Kier molecular flexibility index (Phi) is 3.11. The van der Waals surface area contributed by atoms with Crippen molar-refractivity contribution in [2.45, 2.75) is 13.0 Å². The van der Waals surface area contributed by atoms with E-state index in [1.165, 1.54) is 11.1 Å². The molecule has 1 unspecified atom stereocenters. The predicted octanol–water partition coefficient (Wildman–Crippen LogP) is 2.00. The Hall–Kier alpha value is -1.23. The van der Waals surface area contributed by atoms with E-state index in [9.17, 15) is 0 Å². The molecule has 2 rings (SSSR count). The van der Waals surface area contributed by atoms with Gasteiger partial charge >= 0.3 is 0 Å². The van der Waals surface area contributed by atoms with Gasteiger partial charge in [0.1, 0.15) is 0 Å². The summed E-state index contributed by atoms with van der Waals surface area (Å²) < 4.78 is 0. The quantitative estimate of drug-likeness (QED) is 0.613. The first-order valence-corrected chi connectivity index (χ1v) is 5.66. The molecular formula is C11H13N3S. The van der Waals surface area contributed by atoms with E-state index < -0.39 is 0 Å². The van der Waals surface area contributed by atoms with Crippen LogP contribution in [0.25, 0.3) is 0 Å². The number of hydrogen-bond acceptors (Lipinski definition) is 4. The molecule has 0 aliphatic carbocycles. The highest BCUT2D eigenvalue weighted by atomic mass is 32.1. The molecule has 0 spiro atoms. The van der Waals surface area contributed by atoms with Crippen molar-refractivity contribution in [1.82, 2.24) is 10.4 Å². The van der Waals surface area contributed by atoms with Crippen molar-refractivity contribution in [3.8, 4) is 0 Å². The second kappa shape index (κ2) is 4.53. The summed E-state index contributed by atoms with van der Waals surface area (Å²) in [7, 11) is 0. The van der Waals surface area contributed by atoms with Gasteiger partial charge < -0.3 is 0 Å². The van der Waals surface area contributed by atoms with E-state index in [0.29, 0.717) is 0 Å². The third kappa shape index (κ3) is 2.07. The standard InChI is InChI=1S/C11H13N3S/c1-8-2-4-13-6-10(8)11(14-12)9-3-5-15-7-9/h2-7,11,14H,12H2,1H3. The molecule has 0 amide bonds. The van der Waals surface area contributed by atoms with Gasteiger partial charge in [0.25, 0.3) is 0 Å². The first kappa shape index (κ1) is 10.3. The van der Waals surface area contributed by atoms with Crippen molar-refractivity contribution in [2.24, 2.45) is 5.84 Å². The van der Waals surface area contributed by atoms with E-state index in [-0.39, 0.29) is 6.04 Å². The molecule has 0 saturated heterocycles. The minimum atomic E-state index is 0.0324. The minimum Gasteiger partial charge on any atom is -0.271 e. The van der Waals surface area contributed by atoms with Crippen LogP contribution in [0.3, 0.4) is 0 Å². The fraction of sp³-hybridized carbons (Fsp3) is 0.182. The third-order valence-corrected chi connectivity index (χ3v) is 3.14. The van der Waals surface area contributed by atoms with Gasteiger partial charge in [0.2, 0.25) is 0 Å². The Morgan fingerprint density at radius 1 is 1.47 bits per heavy atom. The zero-order chi connectivity index (χ0) is 10.7. The number of nitrogens with one attached hydrogen (secondary N) is 1. The SMILES string of the molecule is Cc1ccncc1C(NN)c1ccsc1. The van der Waals surface area contributed by atoms with E-state index in [4.69, 9.17) is 5.84 Å². The summed E-state index contributed by atoms with van der Waals surface area (Å²) in [6.45, 7) is 2.06. The minimum absolute atomic E-state index is 0.0324. The number of hydrogen-bond donors (Lipinski definition) is 2. The maximum absolute atomic E-state index is 5.59. The normalized spacial score (nSPS) is 12.7. The van der Waals surface area contributed by atoms with Gasteiger partial charge in [-0.1, -0.05) is 0 Å². The predicted molar refractivity (Wildman–Crippen MR) is 62.5 cm³/mol. The molecule has 3 N–H and O–H groups in total. The number of hydrazine groups is 1. The third-order valence-electron chi connectivity index (χ3n) is 2.43. The van der Waals surface area contributed by atoms with Crippen LogP contribution >= 0.6 is 11.3 Å². The van der Waals surface area contributed by atoms with Crippen molar-refractivity contribution < 1.29 is 0 Å². The van der Waals surface area contributed by atoms with Crippen LogP contribution in [-0.2, 0) is 0 Å². The molecule has 15 heavy (non-hydrogen) atoms. The summed E-state index contributed by atoms with van der Waals surface area (Å²) in [5.74, 6) is 5.59. The van der Waals surface area contributed by atoms with Crippen molar-refractivity contribution in [1.29, 1.82) is 0 Å². The van der Waals surface area contributed by atoms with E-state index >= 15 is 0 Å². The zero-order valence-electron chi connectivity index (χ0n) is 8.47. The molecule has 0 aliphatic rings. The molecule has 2 heterocycles. The maximum atomic E-state index is 5.59. The maximum Gasteiger partial charge on any atom is 0.0735 e. The summed E-state index contributed by atoms with van der Waals surface area (Å²) in [5, 5.41) is 4.14. The fourth-order valence-electron chi connectivity index (χ4n) is 1.58. The van der Waals surface area contributed by atoms with Crippen LogP contribution in [0.5, 0.6) is 0 Å². The van der Waals surface area contributed by atoms with Gasteiger partial charge in [-0.3, -0.25) is 10.8 Å². The summed E-state index contributed by atoms with van der Waals surface area (Å²) >= 11 is 1.67. The number of aromatic nitrogens is 1. The first-order valence-electron chi connectivity index (χ1n) is 4.71. The van der Waals surface area contributed by atoms with Crippen molar-refractivity contribution >= 4 is 11.3 Å². The molecule has 2 aromatic heterocycles. The van der Waals surface area contributed by atoms with E-state index in [0.717, 1.165) is 5.56 Å². The molecule has 3 nitrogen and oxygen atoms in total. The van der Waals surface area contributed by atoms with Gasteiger partial charge in [0.05, 0.1) is 6.04 Å². The van der Waals surface area contributed by atoms with Gasteiger partial charge in [-0.15, -0.1) is 0 Å². The van der Waals surface area contributed by atoms with Crippen LogP contribution < -0.4 is 11.3 Å². The van der Waals surface area contributed by atoms with Crippen LogP contribution in [0.2, 0.25) is 0 Å². The number of thiophene rings is 1. The molecule has 4 heteroatoms. The van der Waals surface area contributed by atoms with Crippen LogP contribution in [0.15, 0.2) is 35.3 Å². The van der Waals surface area contributed by atoms with Crippen LogP contribution in [-0.4, -0.2) is 4.98 Å². The van der Waals surface area contributed by atoms with Gasteiger partial charge in [-0.25, -0.2) is 5.43 Å². The lowest BCUT2D eigenvalue weighted by Gasteiger charge is -2.16. The van der Waals surface area contributed by atoms with Crippen molar-refractivity contribution in [3.05, 3.63) is 52.0 Å². The molecule has 2 aromatic rings. The van der Waals surface area contributed by atoms with Gasteiger partial charge in [-0.2, -0.15) is 11.3 Å².